The number of carbonyl (C=O) groups excluding carboxylic acids is 1. The Kier molecular flexibility index (Phi) is 5.34. The van der Waals surface area contributed by atoms with Crippen LogP contribution in [0, 0.1) is 6.92 Å². The van der Waals surface area contributed by atoms with E-state index in [0.29, 0.717) is 5.02 Å². The van der Waals surface area contributed by atoms with Crippen LogP contribution < -0.4 is 11.1 Å². The lowest BCUT2D eigenvalue weighted by molar-refractivity contribution is -0.134. The second kappa shape index (κ2) is 8.05. The number of carbonyl (C=O) groups is 1. The molecule has 0 saturated carbocycles. The van der Waals surface area contributed by atoms with E-state index < -0.39 is 5.54 Å². The molecule has 1 aromatic heterocycles. The number of nitrogens with zero attached hydrogens (tertiary/aromatic N) is 3. The number of fused-ring (bicyclic) bond motifs is 2. The van der Waals surface area contributed by atoms with Gasteiger partial charge in [-0.1, -0.05) is 23.7 Å². The number of hydrogen-bond acceptors (Lipinski definition) is 6. The largest absolute Gasteiger partial charge is 0.375 e. The number of hydrogen-bond donors (Lipinski definition) is 2. The molecule has 0 radical (unpaired) electrons. The van der Waals surface area contributed by atoms with Crippen molar-refractivity contribution in [3.8, 4) is 0 Å². The van der Waals surface area contributed by atoms with Gasteiger partial charge in [-0.2, -0.15) is 0 Å². The summed E-state index contributed by atoms with van der Waals surface area (Å²) in [5, 5.41) is 3.84. The smallest absolute Gasteiger partial charge is 0.232 e. The Balaban J connectivity index is 1.42. The molecule has 4 heterocycles. The third kappa shape index (κ3) is 3.84. The monoisotopic (exact) mass is 453 g/mol. The van der Waals surface area contributed by atoms with Gasteiger partial charge in [0.2, 0.25) is 5.91 Å². The van der Waals surface area contributed by atoms with Gasteiger partial charge >= 0.3 is 0 Å². The van der Waals surface area contributed by atoms with Crippen LogP contribution in [-0.2, 0) is 15.1 Å². The van der Waals surface area contributed by atoms with Gasteiger partial charge in [-0.15, -0.1) is 0 Å². The number of halogens is 1. The number of aromatic nitrogens is 1. The van der Waals surface area contributed by atoms with Crippen LogP contribution in [0.5, 0.6) is 0 Å². The summed E-state index contributed by atoms with van der Waals surface area (Å²) in [6, 6.07) is 9.66. The maximum absolute atomic E-state index is 13.3. The van der Waals surface area contributed by atoms with Crippen molar-refractivity contribution in [1.82, 2.24) is 9.88 Å². The van der Waals surface area contributed by atoms with Crippen molar-refractivity contribution in [2.75, 3.05) is 5.32 Å². The van der Waals surface area contributed by atoms with E-state index in [0.717, 1.165) is 48.3 Å². The lowest BCUT2D eigenvalue weighted by atomic mass is 9.86. The molecular formula is C24H28ClN5O2. The molecule has 32 heavy (non-hydrogen) atoms. The molecule has 2 fully saturated rings. The molecule has 7 nitrogen and oxygen atoms in total. The van der Waals surface area contributed by atoms with Crippen molar-refractivity contribution in [2.24, 2.45) is 10.7 Å². The third-order valence-corrected chi connectivity index (χ3v) is 7.18. The second-order valence-corrected chi connectivity index (χ2v) is 9.63. The third-order valence-electron chi connectivity index (χ3n) is 6.77. The molecule has 0 aliphatic carbocycles. The topological polar surface area (TPSA) is 92.8 Å². The minimum atomic E-state index is -0.831. The fraction of sp³-hybridized carbons (Fsp3) is 0.458. The van der Waals surface area contributed by atoms with E-state index in [9.17, 15) is 4.79 Å². The molecule has 3 N–H and O–H groups in total. The molecule has 3 aliphatic heterocycles. The summed E-state index contributed by atoms with van der Waals surface area (Å²) in [5.74, 6) is 0.260. The summed E-state index contributed by atoms with van der Waals surface area (Å²) in [7, 11) is 0. The number of nitrogens with two attached hydrogens (primary N) is 1. The lowest BCUT2D eigenvalue weighted by Gasteiger charge is -2.42. The quantitative estimate of drug-likeness (QED) is 0.721. The highest BCUT2D eigenvalue weighted by atomic mass is 35.5. The zero-order valence-electron chi connectivity index (χ0n) is 18.3. The van der Waals surface area contributed by atoms with Gasteiger partial charge in [0.05, 0.1) is 46.8 Å². The van der Waals surface area contributed by atoms with E-state index in [-0.39, 0.29) is 36.5 Å². The molecule has 3 aliphatic rings. The van der Waals surface area contributed by atoms with Crippen molar-refractivity contribution in [1.29, 1.82) is 0 Å². The van der Waals surface area contributed by atoms with Crippen LogP contribution >= 0.6 is 11.6 Å². The molecule has 168 valence electrons. The molecule has 2 aromatic rings. The fourth-order valence-electron chi connectivity index (χ4n) is 5.18. The minimum Gasteiger partial charge on any atom is -0.375 e. The molecule has 4 atom stereocenters. The molecule has 1 aromatic carbocycles. The number of pyridine rings is 1. The first-order chi connectivity index (χ1) is 15.3. The number of rotatable bonds is 4. The number of benzene rings is 1. The van der Waals surface area contributed by atoms with Crippen molar-refractivity contribution >= 4 is 34.8 Å². The minimum absolute atomic E-state index is 0.0107. The van der Waals surface area contributed by atoms with E-state index in [2.05, 4.69) is 10.3 Å². The maximum atomic E-state index is 13.3. The summed E-state index contributed by atoms with van der Waals surface area (Å²) in [5.41, 5.74) is 8.85. The number of guanidine groups is 1. The van der Waals surface area contributed by atoms with Crippen LogP contribution in [0.25, 0.3) is 0 Å². The van der Waals surface area contributed by atoms with E-state index in [4.69, 9.17) is 27.1 Å². The first-order valence-electron chi connectivity index (χ1n) is 11.1. The van der Waals surface area contributed by atoms with Crippen LogP contribution in [0.15, 0.2) is 41.5 Å². The number of aliphatic imine (C=N–C) groups is 1. The predicted molar refractivity (Wildman–Crippen MR) is 125 cm³/mol. The number of anilines is 2. The molecule has 8 heteroatoms. The maximum Gasteiger partial charge on any atom is 0.232 e. The van der Waals surface area contributed by atoms with Gasteiger partial charge in [-0.25, -0.2) is 4.99 Å². The van der Waals surface area contributed by atoms with Crippen LogP contribution in [0.2, 0.25) is 5.02 Å². The Hall–Kier alpha value is -2.64. The Labute approximate surface area is 193 Å². The molecule has 0 spiro atoms. The molecule has 2 saturated heterocycles. The number of nitrogens with one attached hydrogen (secondary N) is 1. The highest BCUT2D eigenvalue weighted by Crippen LogP contribution is 2.42. The Morgan fingerprint density at radius 3 is 2.62 bits per heavy atom. The van der Waals surface area contributed by atoms with Crippen molar-refractivity contribution in [3.63, 3.8) is 0 Å². The summed E-state index contributed by atoms with van der Waals surface area (Å²) in [6.07, 6.45) is 6.19. The number of aryl methyl sites for hydroxylation is 1. The highest BCUT2D eigenvalue weighted by Gasteiger charge is 2.45. The normalized spacial score (nSPS) is 29.7. The van der Waals surface area contributed by atoms with Crippen LogP contribution in [-0.4, -0.2) is 40.0 Å². The zero-order chi connectivity index (χ0) is 22.5. The Morgan fingerprint density at radius 1 is 1.22 bits per heavy atom. The van der Waals surface area contributed by atoms with Crippen molar-refractivity contribution < 1.29 is 9.53 Å². The van der Waals surface area contributed by atoms with Gasteiger partial charge in [0.15, 0.2) is 5.96 Å². The summed E-state index contributed by atoms with van der Waals surface area (Å²) < 4.78 is 5.94. The fourth-order valence-corrected chi connectivity index (χ4v) is 5.56. The van der Waals surface area contributed by atoms with Gasteiger partial charge in [-0.05, 0) is 57.7 Å². The molecule has 5 rings (SSSR count). The van der Waals surface area contributed by atoms with E-state index in [1.165, 1.54) is 0 Å². The number of amides is 1. The summed E-state index contributed by atoms with van der Waals surface area (Å²) >= 11 is 6.81. The van der Waals surface area contributed by atoms with E-state index in [1.807, 2.05) is 44.2 Å². The van der Waals surface area contributed by atoms with E-state index >= 15 is 0 Å². The molecule has 1 unspecified atom stereocenters. The first kappa shape index (κ1) is 21.2. The Bertz CT molecular complexity index is 1060. The van der Waals surface area contributed by atoms with Gasteiger partial charge < -0.3 is 15.8 Å². The SMILES string of the molecule is Cc1ccc(Nc2cccc([C@]3(C)CC(=O)N(C4C[C@H]5CC[C@@H](C4)O5)C(N)=N3)c2Cl)cn1. The first-order valence-corrected chi connectivity index (χ1v) is 11.5. The molecule has 1 amide bonds. The van der Waals surface area contributed by atoms with Crippen molar-refractivity contribution in [2.45, 2.75) is 69.7 Å². The second-order valence-electron chi connectivity index (χ2n) is 9.25. The molecule has 2 bridgehead atoms. The van der Waals surface area contributed by atoms with Crippen LogP contribution in [0.3, 0.4) is 0 Å². The highest BCUT2D eigenvalue weighted by molar-refractivity contribution is 6.34. The lowest BCUT2D eigenvalue weighted by Crippen LogP contribution is -2.56. The Morgan fingerprint density at radius 2 is 1.97 bits per heavy atom. The van der Waals surface area contributed by atoms with Gasteiger partial charge in [0.25, 0.3) is 0 Å². The molecular weight excluding hydrogens is 426 g/mol. The van der Waals surface area contributed by atoms with E-state index in [1.54, 1.807) is 11.1 Å². The van der Waals surface area contributed by atoms with Gasteiger partial charge in [-0.3, -0.25) is 14.7 Å². The van der Waals surface area contributed by atoms with Gasteiger partial charge in [0.1, 0.15) is 0 Å². The van der Waals surface area contributed by atoms with Crippen molar-refractivity contribution in [3.05, 3.63) is 52.8 Å². The zero-order valence-corrected chi connectivity index (χ0v) is 19.1. The standard InChI is InChI=1S/C24H28ClN5O2/c1-14-6-7-15(13-27-14)28-20-5-3-4-19(22(20)25)24(2)12-21(31)30(23(26)29-24)16-10-17-8-9-18(11-16)32-17/h3-7,13,16-18,28H,8-12H2,1-2H3,(H2,26,29)/t16?,17-,18+,24-/m0/s1. The van der Waals surface area contributed by atoms with Crippen LogP contribution in [0.1, 0.15) is 50.3 Å². The summed E-state index contributed by atoms with van der Waals surface area (Å²) in [4.78, 5) is 24.1. The average molecular weight is 454 g/mol. The number of ether oxygens (including phenoxy) is 1. The van der Waals surface area contributed by atoms with Crippen LogP contribution in [0.4, 0.5) is 11.4 Å². The van der Waals surface area contributed by atoms with Gasteiger partial charge in [0, 0.05) is 17.3 Å². The predicted octanol–water partition coefficient (Wildman–Crippen LogP) is 4.26. The summed E-state index contributed by atoms with van der Waals surface area (Å²) in [6.45, 7) is 3.86. The average Bonchev–Trinajstić information content (AvgIpc) is 3.08.